The molecule has 3 aliphatic rings. The van der Waals surface area contributed by atoms with Gasteiger partial charge in [-0.3, -0.25) is 4.79 Å². The predicted octanol–water partition coefficient (Wildman–Crippen LogP) is 3.87. The number of hydrogen-bond acceptors (Lipinski definition) is 7. The number of carbonyl (C=O) groups excluding carboxylic acids is 1. The number of carbonyl (C=O) groups is 1. The summed E-state index contributed by atoms with van der Waals surface area (Å²) in [6.45, 7) is 5.78. The van der Waals surface area contributed by atoms with Crippen molar-refractivity contribution in [3.05, 3.63) is 47.4 Å². The minimum absolute atomic E-state index is 0.0174. The number of rotatable bonds is 4. The highest BCUT2D eigenvalue weighted by atomic mass is 19.1. The van der Waals surface area contributed by atoms with Crippen LogP contribution in [0.3, 0.4) is 0 Å². The van der Waals surface area contributed by atoms with Gasteiger partial charge in [-0.25, -0.2) is 9.37 Å². The average molecular weight is 472 g/mol. The molecule has 8 nitrogen and oxygen atoms in total. The van der Waals surface area contributed by atoms with Crippen molar-refractivity contribution in [2.75, 3.05) is 36.6 Å². The van der Waals surface area contributed by atoms with Gasteiger partial charge in [0.2, 0.25) is 0 Å². The first-order valence-corrected chi connectivity index (χ1v) is 11.8. The molecule has 2 unspecified atom stereocenters. The maximum absolute atomic E-state index is 15.2. The number of nitrogens with one attached hydrogen (secondary N) is 1. The molecule has 1 aromatic carbocycles. The maximum Gasteiger partial charge on any atom is 0.256 e. The van der Waals surface area contributed by atoms with Gasteiger partial charge in [0.1, 0.15) is 23.8 Å². The molecule has 0 radical (unpaired) electrons. The Kier molecular flexibility index (Phi) is 6.78. The van der Waals surface area contributed by atoms with Gasteiger partial charge in [-0.05, 0) is 44.9 Å². The quantitative estimate of drug-likeness (QED) is 0.725. The molecule has 5 rings (SSSR count). The highest BCUT2D eigenvalue weighted by molar-refractivity contribution is 6.01. The summed E-state index contributed by atoms with van der Waals surface area (Å²) >= 11 is 0. The van der Waals surface area contributed by atoms with E-state index in [9.17, 15) is 4.79 Å². The van der Waals surface area contributed by atoms with E-state index in [1.807, 2.05) is 26.0 Å². The van der Waals surface area contributed by atoms with E-state index in [4.69, 9.17) is 18.9 Å². The monoisotopic (exact) mass is 471 g/mol. The van der Waals surface area contributed by atoms with Crippen LogP contribution in [0.2, 0.25) is 0 Å². The lowest BCUT2D eigenvalue weighted by molar-refractivity contribution is -0.143. The maximum atomic E-state index is 15.2. The molecular formula is C25H30FN3O5. The van der Waals surface area contributed by atoms with Crippen LogP contribution in [0.15, 0.2) is 30.5 Å². The number of nitrogens with zero attached hydrogens (tertiary/aromatic N) is 2. The Bertz CT molecular complexity index is 1040. The highest BCUT2D eigenvalue weighted by Gasteiger charge is 2.35. The first kappa shape index (κ1) is 23.2. The third-order valence-corrected chi connectivity index (χ3v) is 6.28. The Balaban J connectivity index is 1.47. The highest BCUT2D eigenvalue weighted by Crippen LogP contribution is 2.39. The van der Waals surface area contributed by atoms with E-state index in [-0.39, 0.29) is 24.7 Å². The number of amides is 1. The molecule has 2 saturated heterocycles. The molecule has 3 atom stereocenters. The van der Waals surface area contributed by atoms with Crippen LogP contribution in [0.4, 0.5) is 21.6 Å². The molecule has 9 heteroatoms. The lowest BCUT2D eigenvalue weighted by atomic mass is 10.0. The molecule has 0 saturated carbocycles. The van der Waals surface area contributed by atoms with Crippen molar-refractivity contribution in [3.63, 3.8) is 0 Å². The number of hydrogen-bond donors (Lipinski definition) is 1. The van der Waals surface area contributed by atoms with E-state index in [0.29, 0.717) is 55.5 Å². The van der Waals surface area contributed by atoms with Gasteiger partial charge in [0.15, 0.2) is 0 Å². The van der Waals surface area contributed by atoms with E-state index in [2.05, 4.69) is 10.3 Å². The largest absolute Gasteiger partial charge is 0.376 e. The van der Waals surface area contributed by atoms with Gasteiger partial charge >= 0.3 is 0 Å². The second kappa shape index (κ2) is 9.95. The van der Waals surface area contributed by atoms with Crippen molar-refractivity contribution in [2.45, 2.75) is 57.6 Å². The fourth-order valence-corrected chi connectivity index (χ4v) is 4.66. The second-order valence-electron chi connectivity index (χ2n) is 9.09. The molecule has 2 aromatic rings. The van der Waals surface area contributed by atoms with Gasteiger partial charge in [-0.15, -0.1) is 0 Å². The number of halogens is 1. The zero-order chi connectivity index (χ0) is 23.7. The molecule has 0 bridgehead atoms. The first-order chi connectivity index (χ1) is 16.5. The van der Waals surface area contributed by atoms with E-state index in [0.717, 1.165) is 12.0 Å². The Hall–Kier alpha value is -2.59. The molecule has 3 aliphatic heterocycles. The molecule has 0 aliphatic carbocycles. The Morgan fingerprint density at radius 3 is 2.85 bits per heavy atom. The number of fused-ring (bicyclic) bond motifs is 2. The van der Waals surface area contributed by atoms with Crippen molar-refractivity contribution in [1.82, 2.24) is 4.98 Å². The number of anilines is 3. The minimum Gasteiger partial charge on any atom is -0.376 e. The number of pyridine rings is 1. The average Bonchev–Trinajstić information content (AvgIpc) is 3.00. The number of benzene rings is 1. The van der Waals surface area contributed by atoms with Gasteiger partial charge in [-0.2, -0.15) is 0 Å². The van der Waals surface area contributed by atoms with Crippen molar-refractivity contribution < 1.29 is 28.1 Å². The number of ether oxygens (including phenoxy) is 4. The van der Waals surface area contributed by atoms with E-state index >= 15 is 4.39 Å². The lowest BCUT2D eigenvalue weighted by Crippen LogP contribution is -2.44. The Morgan fingerprint density at radius 1 is 1.24 bits per heavy atom. The zero-order valence-electron chi connectivity index (χ0n) is 19.5. The van der Waals surface area contributed by atoms with E-state index < -0.39 is 18.0 Å². The van der Waals surface area contributed by atoms with Crippen LogP contribution < -0.4 is 10.2 Å². The molecule has 34 heavy (non-hydrogen) atoms. The Morgan fingerprint density at radius 2 is 2.12 bits per heavy atom. The summed E-state index contributed by atoms with van der Waals surface area (Å²) in [7, 11) is 0. The summed E-state index contributed by atoms with van der Waals surface area (Å²) in [6, 6.07) is 6.82. The summed E-state index contributed by atoms with van der Waals surface area (Å²) in [4.78, 5) is 19.8. The van der Waals surface area contributed by atoms with Crippen molar-refractivity contribution in [3.8, 4) is 0 Å². The normalized spacial score (nSPS) is 24.7. The molecule has 0 spiro atoms. The minimum atomic E-state index is -0.596. The van der Waals surface area contributed by atoms with Crippen LogP contribution in [0.5, 0.6) is 0 Å². The van der Waals surface area contributed by atoms with Crippen molar-refractivity contribution >= 4 is 23.1 Å². The summed E-state index contributed by atoms with van der Waals surface area (Å²) in [5.74, 6) is 0.00986. The molecule has 182 valence electrons. The molecule has 4 heterocycles. The smallest absolute Gasteiger partial charge is 0.256 e. The third kappa shape index (κ3) is 4.79. The van der Waals surface area contributed by atoms with Gasteiger partial charge < -0.3 is 29.2 Å². The fraction of sp³-hybridized carbons (Fsp3) is 0.520. The van der Waals surface area contributed by atoms with Gasteiger partial charge in [-0.1, -0.05) is 6.07 Å². The van der Waals surface area contributed by atoms with Crippen LogP contribution in [0.1, 0.15) is 43.9 Å². The number of aromatic nitrogens is 1. The molecule has 1 amide bonds. The van der Waals surface area contributed by atoms with E-state index in [1.165, 1.54) is 6.07 Å². The summed E-state index contributed by atoms with van der Waals surface area (Å²) < 4.78 is 38.2. The third-order valence-electron chi connectivity index (χ3n) is 6.28. The SMILES string of the molecule is CC(C)OC1CC[C@H](C(=O)N2Cc3cccnc3Nc3cc(F)c(C4COCCO4)cc32)OC1. The Labute approximate surface area is 198 Å². The van der Waals surface area contributed by atoms with Crippen LogP contribution in [-0.2, 0) is 30.3 Å². The zero-order valence-corrected chi connectivity index (χ0v) is 19.5. The molecule has 1 aromatic heterocycles. The van der Waals surface area contributed by atoms with Gasteiger partial charge in [0.05, 0.1) is 56.6 Å². The first-order valence-electron chi connectivity index (χ1n) is 11.8. The van der Waals surface area contributed by atoms with Crippen LogP contribution in [-0.4, -0.2) is 55.6 Å². The predicted molar refractivity (Wildman–Crippen MR) is 124 cm³/mol. The van der Waals surface area contributed by atoms with Crippen LogP contribution >= 0.6 is 0 Å². The van der Waals surface area contributed by atoms with E-state index in [1.54, 1.807) is 17.2 Å². The van der Waals surface area contributed by atoms with Crippen LogP contribution in [0.25, 0.3) is 0 Å². The lowest BCUT2D eigenvalue weighted by Gasteiger charge is -2.33. The standard InChI is InChI=1S/C25H30FN3O5/c1-15(2)34-17-5-6-22(33-13-17)25(30)29-12-16-4-3-7-27-24(16)28-20-11-19(26)18(10-21(20)29)23-14-31-8-9-32-23/h3-4,7,10-11,15,17,22-23H,5-6,8-9,12-14H2,1-2H3,(H,27,28)/t17?,22-,23?/m1/s1. The summed E-state index contributed by atoms with van der Waals surface area (Å²) in [5.41, 5.74) is 2.24. The van der Waals surface area contributed by atoms with Crippen molar-refractivity contribution in [2.24, 2.45) is 0 Å². The second-order valence-corrected chi connectivity index (χ2v) is 9.09. The van der Waals surface area contributed by atoms with Crippen molar-refractivity contribution in [1.29, 1.82) is 0 Å². The van der Waals surface area contributed by atoms with Gasteiger partial charge in [0.25, 0.3) is 5.91 Å². The molecular weight excluding hydrogens is 441 g/mol. The summed E-state index contributed by atoms with van der Waals surface area (Å²) in [5, 5.41) is 3.21. The van der Waals surface area contributed by atoms with Crippen LogP contribution in [0, 0.1) is 5.82 Å². The molecule has 1 N–H and O–H groups in total. The summed E-state index contributed by atoms with van der Waals surface area (Å²) in [6.07, 6.45) is 1.93. The fourth-order valence-electron chi connectivity index (χ4n) is 4.66. The molecule has 2 fully saturated rings. The topological polar surface area (TPSA) is 82.2 Å². The van der Waals surface area contributed by atoms with Gasteiger partial charge in [0, 0.05) is 17.3 Å².